The van der Waals surface area contributed by atoms with Gasteiger partial charge in [-0.1, -0.05) is 6.92 Å². The highest BCUT2D eigenvalue weighted by Crippen LogP contribution is 2.34. The Labute approximate surface area is 94.5 Å². The maximum Gasteiger partial charge on any atom is 0.0876 e. The van der Waals surface area contributed by atoms with Crippen molar-refractivity contribution in [1.82, 2.24) is 0 Å². The third-order valence-electron chi connectivity index (χ3n) is 2.92. The molecule has 1 unspecified atom stereocenters. The number of nitrogens with zero attached hydrogens (tertiary/aromatic N) is 1. The van der Waals surface area contributed by atoms with Gasteiger partial charge in [0, 0.05) is 22.8 Å². The summed E-state index contributed by atoms with van der Waals surface area (Å²) < 4.78 is 5.34. The zero-order chi connectivity index (χ0) is 10.7. The van der Waals surface area contributed by atoms with Crippen LogP contribution in [0.4, 0.5) is 0 Å². The average Bonchev–Trinajstić information content (AvgIpc) is 2.88. The second-order valence-electron chi connectivity index (χ2n) is 4.09. The minimum Gasteiger partial charge on any atom is -0.380 e. The molecule has 0 spiro atoms. The summed E-state index contributed by atoms with van der Waals surface area (Å²) in [7, 11) is 0. The van der Waals surface area contributed by atoms with Gasteiger partial charge >= 0.3 is 0 Å². The Balaban J connectivity index is 2.10. The van der Waals surface area contributed by atoms with Gasteiger partial charge in [0.2, 0.25) is 0 Å². The lowest BCUT2D eigenvalue weighted by Crippen LogP contribution is -2.21. The lowest BCUT2D eigenvalue weighted by Gasteiger charge is -2.16. The first-order chi connectivity index (χ1) is 7.28. The number of nitriles is 1. The fraction of sp³-hybridized carbons (Fsp3) is 0.583. The predicted molar refractivity (Wildman–Crippen MR) is 60.9 cm³/mol. The molecule has 0 aliphatic carbocycles. The van der Waals surface area contributed by atoms with Crippen molar-refractivity contribution in [3.63, 3.8) is 0 Å². The van der Waals surface area contributed by atoms with Crippen LogP contribution in [0, 0.1) is 16.7 Å². The normalized spacial score (nSPS) is 25.3. The van der Waals surface area contributed by atoms with Gasteiger partial charge in [0.15, 0.2) is 0 Å². The lowest BCUT2D eigenvalue weighted by atomic mass is 9.85. The van der Waals surface area contributed by atoms with E-state index in [1.54, 1.807) is 0 Å². The third-order valence-corrected chi connectivity index (χ3v) is 4.15. The molecule has 80 valence electrons. The summed E-state index contributed by atoms with van der Waals surface area (Å²) >= 11 is 1.83. The first-order valence-electron chi connectivity index (χ1n) is 5.34. The number of ether oxygens (including phenoxy) is 1. The van der Waals surface area contributed by atoms with Crippen LogP contribution in [0.3, 0.4) is 0 Å². The Morgan fingerprint density at radius 3 is 2.87 bits per heavy atom. The van der Waals surface area contributed by atoms with Crippen LogP contribution < -0.4 is 0 Å². The fourth-order valence-corrected chi connectivity index (χ4v) is 3.02. The summed E-state index contributed by atoms with van der Waals surface area (Å²) in [5.41, 5.74) is -0.254. The monoisotopic (exact) mass is 221 g/mol. The van der Waals surface area contributed by atoms with E-state index in [0.717, 1.165) is 25.9 Å². The van der Waals surface area contributed by atoms with E-state index in [1.165, 1.54) is 9.75 Å². The highest BCUT2D eigenvalue weighted by molar-refractivity contribution is 7.11. The standard InChI is InChI=1S/C12H15NOS/c1-2-10-3-4-11(15-10)7-12(8-13)5-6-14-9-12/h3-4H,2,5-7,9H2,1H3. The van der Waals surface area contributed by atoms with Crippen molar-refractivity contribution in [1.29, 1.82) is 5.26 Å². The zero-order valence-corrected chi connectivity index (χ0v) is 9.77. The number of thiophene rings is 1. The molecule has 1 aromatic heterocycles. The topological polar surface area (TPSA) is 33.0 Å². The fourth-order valence-electron chi connectivity index (χ4n) is 1.92. The quantitative estimate of drug-likeness (QED) is 0.786. The van der Waals surface area contributed by atoms with Crippen molar-refractivity contribution in [2.45, 2.75) is 26.2 Å². The van der Waals surface area contributed by atoms with Crippen molar-refractivity contribution in [2.75, 3.05) is 13.2 Å². The lowest BCUT2D eigenvalue weighted by molar-refractivity contribution is 0.172. The van der Waals surface area contributed by atoms with Gasteiger partial charge in [0.1, 0.15) is 0 Å². The van der Waals surface area contributed by atoms with E-state index in [1.807, 2.05) is 11.3 Å². The SMILES string of the molecule is CCc1ccc(CC2(C#N)CCOC2)s1. The Bertz CT molecular complexity index is 371. The van der Waals surface area contributed by atoms with E-state index in [9.17, 15) is 5.26 Å². The Kier molecular flexibility index (Phi) is 3.08. The number of hydrogen-bond donors (Lipinski definition) is 0. The molecule has 1 aliphatic rings. The summed E-state index contributed by atoms with van der Waals surface area (Å²) in [5, 5.41) is 9.22. The van der Waals surface area contributed by atoms with Crippen LogP contribution in [0.25, 0.3) is 0 Å². The van der Waals surface area contributed by atoms with E-state index in [2.05, 4.69) is 25.1 Å². The highest BCUT2D eigenvalue weighted by Gasteiger charge is 2.35. The molecule has 1 fully saturated rings. The third kappa shape index (κ3) is 2.22. The Morgan fingerprint density at radius 2 is 2.33 bits per heavy atom. The molecule has 3 heteroatoms. The molecular formula is C12H15NOS. The van der Waals surface area contributed by atoms with Crippen molar-refractivity contribution < 1.29 is 4.74 Å². The van der Waals surface area contributed by atoms with Crippen LogP contribution in [0.2, 0.25) is 0 Å². The molecule has 2 heterocycles. The average molecular weight is 221 g/mol. The largest absolute Gasteiger partial charge is 0.380 e. The Morgan fingerprint density at radius 1 is 1.53 bits per heavy atom. The highest BCUT2D eigenvalue weighted by atomic mass is 32.1. The van der Waals surface area contributed by atoms with E-state index < -0.39 is 0 Å². The molecule has 2 nitrogen and oxygen atoms in total. The second-order valence-corrected chi connectivity index (χ2v) is 5.35. The van der Waals surface area contributed by atoms with Gasteiger partial charge in [-0.15, -0.1) is 11.3 Å². The molecule has 0 bridgehead atoms. The molecule has 0 N–H and O–H groups in total. The molecular weight excluding hydrogens is 206 g/mol. The second kappa shape index (κ2) is 4.34. The molecule has 15 heavy (non-hydrogen) atoms. The van der Waals surface area contributed by atoms with E-state index >= 15 is 0 Å². The molecule has 0 amide bonds. The van der Waals surface area contributed by atoms with Gasteiger partial charge in [0.05, 0.1) is 18.1 Å². The maximum atomic E-state index is 9.22. The van der Waals surface area contributed by atoms with Crippen LogP contribution in [0.15, 0.2) is 12.1 Å². The molecule has 2 rings (SSSR count). The van der Waals surface area contributed by atoms with Crippen molar-refractivity contribution in [3.05, 3.63) is 21.9 Å². The smallest absolute Gasteiger partial charge is 0.0876 e. The van der Waals surface area contributed by atoms with Gasteiger partial charge in [-0.3, -0.25) is 0 Å². The zero-order valence-electron chi connectivity index (χ0n) is 8.95. The van der Waals surface area contributed by atoms with Crippen LogP contribution in [0.1, 0.15) is 23.1 Å². The van der Waals surface area contributed by atoms with Gasteiger partial charge in [-0.2, -0.15) is 5.26 Å². The molecule has 0 aromatic carbocycles. The first-order valence-corrected chi connectivity index (χ1v) is 6.16. The first kappa shape index (κ1) is 10.7. The number of aryl methyl sites for hydroxylation is 1. The summed E-state index contributed by atoms with van der Waals surface area (Å²) in [4.78, 5) is 2.72. The van der Waals surface area contributed by atoms with Crippen molar-refractivity contribution in [2.24, 2.45) is 5.41 Å². The summed E-state index contributed by atoms with van der Waals surface area (Å²) in [5.74, 6) is 0. The van der Waals surface area contributed by atoms with E-state index in [-0.39, 0.29) is 5.41 Å². The van der Waals surface area contributed by atoms with Crippen LogP contribution >= 0.6 is 11.3 Å². The van der Waals surface area contributed by atoms with Crippen LogP contribution in [-0.4, -0.2) is 13.2 Å². The molecule has 1 aliphatic heterocycles. The van der Waals surface area contributed by atoms with Crippen molar-refractivity contribution in [3.8, 4) is 6.07 Å². The number of hydrogen-bond acceptors (Lipinski definition) is 3. The Hall–Kier alpha value is -0.850. The maximum absolute atomic E-state index is 9.22. The van der Waals surface area contributed by atoms with Gasteiger partial charge in [-0.25, -0.2) is 0 Å². The van der Waals surface area contributed by atoms with Crippen LogP contribution in [-0.2, 0) is 17.6 Å². The minimum absolute atomic E-state index is 0.254. The molecule has 1 atom stereocenters. The van der Waals surface area contributed by atoms with E-state index in [0.29, 0.717) is 6.61 Å². The van der Waals surface area contributed by atoms with Crippen LogP contribution in [0.5, 0.6) is 0 Å². The summed E-state index contributed by atoms with van der Waals surface area (Å²) in [6.07, 6.45) is 2.82. The van der Waals surface area contributed by atoms with Gasteiger partial charge in [-0.05, 0) is 25.0 Å². The minimum atomic E-state index is -0.254. The molecule has 0 radical (unpaired) electrons. The summed E-state index contributed by atoms with van der Waals surface area (Å²) in [6.45, 7) is 3.50. The van der Waals surface area contributed by atoms with Gasteiger partial charge < -0.3 is 4.74 Å². The van der Waals surface area contributed by atoms with Gasteiger partial charge in [0.25, 0.3) is 0 Å². The van der Waals surface area contributed by atoms with Crippen molar-refractivity contribution >= 4 is 11.3 Å². The van der Waals surface area contributed by atoms with E-state index in [4.69, 9.17) is 4.74 Å². The molecule has 1 aromatic rings. The molecule has 1 saturated heterocycles. The summed E-state index contributed by atoms with van der Waals surface area (Å²) in [6, 6.07) is 6.76. The predicted octanol–water partition coefficient (Wildman–Crippen LogP) is 2.78. The molecule has 0 saturated carbocycles. The number of rotatable bonds is 3.